The SMILES string of the molecule is Cc1ccc(C(=O)CCC(=O)NCCCN2CC(C)CC(C)C2)cc1C. The zero-order chi connectivity index (χ0) is 19.1. The highest BCUT2D eigenvalue weighted by Gasteiger charge is 2.21. The van der Waals surface area contributed by atoms with Gasteiger partial charge in [0.25, 0.3) is 0 Å². The lowest BCUT2D eigenvalue weighted by Gasteiger charge is -2.34. The standard InChI is InChI=1S/C22H34N2O2/c1-16-12-17(2)15-24(14-16)11-5-10-23-22(26)9-8-21(25)20-7-6-18(3)19(4)13-20/h6-7,13,16-17H,5,8-12,14-15H2,1-4H3,(H,23,26). The molecule has 1 aromatic rings. The van der Waals surface area contributed by atoms with Crippen LogP contribution in [0.4, 0.5) is 0 Å². The third-order valence-corrected chi connectivity index (χ3v) is 5.33. The molecular weight excluding hydrogens is 324 g/mol. The predicted octanol–water partition coefficient (Wildman–Crippen LogP) is 3.75. The highest BCUT2D eigenvalue weighted by molar-refractivity contribution is 5.98. The maximum Gasteiger partial charge on any atom is 0.220 e. The minimum Gasteiger partial charge on any atom is -0.356 e. The van der Waals surface area contributed by atoms with Gasteiger partial charge in [0.2, 0.25) is 5.91 Å². The van der Waals surface area contributed by atoms with E-state index >= 15 is 0 Å². The van der Waals surface area contributed by atoms with Gasteiger partial charge in [-0.15, -0.1) is 0 Å². The summed E-state index contributed by atoms with van der Waals surface area (Å²) in [7, 11) is 0. The normalized spacial score (nSPS) is 20.8. The number of piperidine rings is 1. The number of amides is 1. The molecule has 4 heteroatoms. The number of carbonyl (C=O) groups excluding carboxylic acids is 2. The summed E-state index contributed by atoms with van der Waals surface area (Å²) in [5.74, 6) is 1.55. The largest absolute Gasteiger partial charge is 0.356 e. The maximum absolute atomic E-state index is 12.2. The van der Waals surface area contributed by atoms with Gasteiger partial charge in [-0.1, -0.05) is 26.0 Å². The number of nitrogens with one attached hydrogen (secondary N) is 1. The Labute approximate surface area is 158 Å². The van der Waals surface area contributed by atoms with Gasteiger partial charge in [0, 0.05) is 38.0 Å². The van der Waals surface area contributed by atoms with Crippen LogP contribution >= 0.6 is 0 Å². The molecule has 144 valence electrons. The first-order valence-electron chi connectivity index (χ1n) is 9.94. The molecule has 0 spiro atoms. The van der Waals surface area contributed by atoms with E-state index in [1.807, 2.05) is 32.0 Å². The highest BCUT2D eigenvalue weighted by Crippen LogP contribution is 2.20. The van der Waals surface area contributed by atoms with Crippen molar-refractivity contribution in [2.75, 3.05) is 26.2 Å². The van der Waals surface area contributed by atoms with Crippen LogP contribution in [0.3, 0.4) is 0 Å². The first kappa shape index (κ1) is 20.6. The number of hydrogen-bond donors (Lipinski definition) is 1. The molecule has 2 rings (SSSR count). The minimum atomic E-state index is -0.0254. The van der Waals surface area contributed by atoms with Gasteiger partial charge in [-0.05, 0) is 62.3 Å². The summed E-state index contributed by atoms with van der Waals surface area (Å²) in [4.78, 5) is 26.7. The van der Waals surface area contributed by atoms with Crippen molar-refractivity contribution in [1.29, 1.82) is 0 Å². The molecule has 2 atom stereocenters. The van der Waals surface area contributed by atoms with Gasteiger partial charge in [-0.2, -0.15) is 0 Å². The van der Waals surface area contributed by atoms with Crippen LogP contribution in [-0.4, -0.2) is 42.8 Å². The monoisotopic (exact) mass is 358 g/mol. The number of hydrogen-bond acceptors (Lipinski definition) is 3. The number of likely N-dealkylation sites (tertiary alicyclic amines) is 1. The number of Topliss-reactive ketones (excluding diaryl/α,β-unsaturated/α-hetero) is 1. The Morgan fingerprint density at radius 3 is 2.42 bits per heavy atom. The molecule has 1 N–H and O–H groups in total. The summed E-state index contributed by atoms with van der Waals surface area (Å²) in [6.45, 7) is 12.7. The predicted molar refractivity (Wildman–Crippen MR) is 106 cm³/mol. The Morgan fingerprint density at radius 1 is 1.08 bits per heavy atom. The van der Waals surface area contributed by atoms with Crippen LogP contribution in [0.15, 0.2) is 18.2 Å². The zero-order valence-corrected chi connectivity index (χ0v) is 16.8. The summed E-state index contributed by atoms with van der Waals surface area (Å²) in [5.41, 5.74) is 2.99. The Balaban J connectivity index is 1.63. The second-order valence-electron chi connectivity index (χ2n) is 8.13. The van der Waals surface area contributed by atoms with Crippen molar-refractivity contribution in [3.8, 4) is 0 Å². The van der Waals surface area contributed by atoms with Gasteiger partial charge in [0.1, 0.15) is 0 Å². The van der Waals surface area contributed by atoms with E-state index in [1.54, 1.807) is 0 Å². The first-order chi connectivity index (χ1) is 12.3. The van der Waals surface area contributed by atoms with Crippen molar-refractivity contribution >= 4 is 11.7 Å². The Kier molecular flexibility index (Phi) is 7.83. The summed E-state index contributed by atoms with van der Waals surface area (Å²) < 4.78 is 0. The lowest BCUT2D eigenvalue weighted by atomic mass is 9.92. The van der Waals surface area contributed by atoms with Crippen LogP contribution in [0.1, 0.15) is 61.0 Å². The van der Waals surface area contributed by atoms with E-state index in [0.29, 0.717) is 12.1 Å². The Morgan fingerprint density at radius 2 is 1.77 bits per heavy atom. The topological polar surface area (TPSA) is 49.4 Å². The second-order valence-corrected chi connectivity index (χ2v) is 8.13. The summed E-state index contributed by atoms with van der Waals surface area (Å²) in [5, 5.41) is 2.95. The van der Waals surface area contributed by atoms with Crippen LogP contribution in [0.2, 0.25) is 0 Å². The molecule has 1 amide bonds. The second kappa shape index (κ2) is 9.86. The van der Waals surface area contributed by atoms with Gasteiger partial charge in [0.15, 0.2) is 5.78 Å². The molecule has 1 aliphatic heterocycles. The molecule has 0 aromatic heterocycles. The molecule has 1 heterocycles. The summed E-state index contributed by atoms with van der Waals surface area (Å²) in [6, 6.07) is 5.73. The average Bonchev–Trinajstić information content (AvgIpc) is 2.58. The third kappa shape index (κ3) is 6.56. The molecule has 1 saturated heterocycles. The van der Waals surface area contributed by atoms with Gasteiger partial charge in [-0.25, -0.2) is 0 Å². The van der Waals surface area contributed by atoms with E-state index in [1.165, 1.54) is 25.1 Å². The third-order valence-electron chi connectivity index (χ3n) is 5.33. The van der Waals surface area contributed by atoms with Crippen molar-refractivity contribution in [3.05, 3.63) is 34.9 Å². The minimum absolute atomic E-state index is 0.0254. The fraction of sp³-hybridized carbons (Fsp3) is 0.636. The van der Waals surface area contributed by atoms with Crippen molar-refractivity contribution in [1.82, 2.24) is 10.2 Å². The van der Waals surface area contributed by atoms with Crippen molar-refractivity contribution in [2.45, 2.75) is 53.4 Å². The molecule has 0 bridgehead atoms. The number of aryl methyl sites for hydroxylation is 2. The molecule has 2 unspecified atom stereocenters. The van der Waals surface area contributed by atoms with Gasteiger partial charge in [0.05, 0.1) is 0 Å². The van der Waals surface area contributed by atoms with Crippen LogP contribution in [-0.2, 0) is 4.79 Å². The van der Waals surface area contributed by atoms with E-state index < -0.39 is 0 Å². The smallest absolute Gasteiger partial charge is 0.220 e. The lowest BCUT2D eigenvalue weighted by molar-refractivity contribution is -0.121. The first-order valence-corrected chi connectivity index (χ1v) is 9.94. The Hall–Kier alpha value is -1.68. The number of nitrogens with zero attached hydrogens (tertiary/aromatic N) is 1. The van der Waals surface area contributed by atoms with E-state index in [-0.39, 0.29) is 24.5 Å². The molecule has 1 aliphatic rings. The molecule has 1 fully saturated rings. The van der Waals surface area contributed by atoms with Crippen molar-refractivity contribution in [3.63, 3.8) is 0 Å². The lowest BCUT2D eigenvalue weighted by Crippen LogP contribution is -2.40. The van der Waals surface area contributed by atoms with Crippen molar-refractivity contribution in [2.24, 2.45) is 11.8 Å². The molecule has 26 heavy (non-hydrogen) atoms. The van der Waals surface area contributed by atoms with Gasteiger partial charge in [-0.3, -0.25) is 9.59 Å². The van der Waals surface area contributed by atoms with Crippen molar-refractivity contribution < 1.29 is 9.59 Å². The van der Waals surface area contributed by atoms with Gasteiger partial charge < -0.3 is 10.2 Å². The van der Waals surface area contributed by atoms with Crippen LogP contribution < -0.4 is 5.32 Å². The van der Waals surface area contributed by atoms with E-state index in [4.69, 9.17) is 0 Å². The molecule has 0 saturated carbocycles. The fourth-order valence-electron chi connectivity index (χ4n) is 3.88. The Bertz CT molecular complexity index is 617. The van der Waals surface area contributed by atoms with Crippen LogP contribution in [0.25, 0.3) is 0 Å². The molecule has 0 radical (unpaired) electrons. The summed E-state index contributed by atoms with van der Waals surface area (Å²) >= 11 is 0. The number of benzene rings is 1. The number of ketones is 1. The molecule has 0 aliphatic carbocycles. The van der Waals surface area contributed by atoms with Gasteiger partial charge >= 0.3 is 0 Å². The maximum atomic E-state index is 12.2. The van der Waals surface area contributed by atoms with E-state index in [9.17, 15) is 9.59 Å². The van der Waals surface area contributed by atoms with Crippen LogP contribution in [0.5, 0.6) is 0 Å². The van der Waals surface area contributed by atoms with E-state index in [2.05, 4.69) is 24.1 Å². The quantitative estimate of drug-likeness (QED) is 0.569. The molecule has 1 aromatic carbocycles. The van der Waals surface area contributed by atoms with E-state index in [0.717, 1.165) is 30.4 Å². The zero-order valence-electron chi connectivity index (χ0n) is 16.8. The average molecular weight is 359 g/mol. The number of carbonyl (C=O) groups is 2. The fourth-order valence-corrected chi connectivity index (χ4v) is 3.88. The molecular formula is C22H34N2O2. The molecule has 4 nitrogen and oxygen atoms in total. The highest BCUT2D eigenvalue weighted by atomic mass is 16.2. The van der Waals surface area contributed by atoms with Crippen LogP contribution in [0, 0.1) is 25.7 Å². The number of rotatable bonds is 8. The summed E-state index contributed by atoms with van der Waals surface area (Å²) in [6.07, 6.45) is 2.83.